The van der Waals surface area contributed by atoms with E-state index in [1.54, 1.807) is 31.3 Å². The summed E-state index contributed by atoms with van der Waals surface area (Å²) in [7, 11) is 1.80. The molecule has 7 nitrogen and oxygen atoms in total. The summed E-state index contributed by atoms with van der Waals surface area (Å²) in [5.41, 5.74) is 1.33. The second-order valence-corrected chi connectivity index (χ2v) is 8.18. The predicted molar refractivity (Wildman–Crippen MR) is 126 cm³/mol. The lowest BCUT2D eigenvalue weighted by Crippen LogP contribution is -2.42. The van der Waals surface area contributed by atoms with Crippen molar-refractivity contribution in [3.8, 4) is 5.75 Å². The standard InChI is InChI=1S/C24H22BrF2N3O4/c1-28-22-4-2-3-15(29-22)9-10-34-16-7-5-14(6-8-16)11-21(24(32)33)30-23(31)17-12-19(26)20(27)13-18(17)25/h2-8,12-13,21H,9-11H2,1H3,(H,28,29)(H,30,31)(H,32,33)/t21-/m0/s1. The number of halogens is 3. The van der Waals surface area contributed by atoms with Crippen molar-refractivity contribution in [1.82, 2.24) is 10.3 Å². The number of carbonyl (C=O) groups excluding carboxylic acids is 1. The van der Waals surface area contributed by atoms with Crippen LogP contribution in [0.15, 0.2) is 59.1 Å². The van der Waals surface area contributed by atoms with Crippen molar-refractivity contribution in [2.24, 2.45) is 0 Å². The highest BCUT2D eigenvalue weighted by Crippen LogP contribution is 2.21. The first-order valence-electron chi connectivity index (χ1n) is 10.3. The molecule has 0 radical (unpaired) electrons. The first-order valence-corrected chi connectivity index (χ1v) is 11.1. The summed E-state index contributed by atoms with van der Waals surface area (Å²) in [5, 5.41) is 14.8. The van der Waals surface area contributed by atoms with E-state index in [1.165, 1.54) is 0 Å². The molecule has 34 heavy (non-hydrogen) atoms. The Kier molecular flexibility index (Phi) is 8.53. The molecule has 0 bridgehead atoms. The van der Waals surface area contributed by atoms with Crippen LogP contribution >= 0.6 is 15.9 Å². The summed E-state index contributed by atoms with van der Waals surface area (Å²) >= 11 is 2.99. The van der Waals surface area contributed by atoms with Crippen molar-refractivity contribution in [3.63, 3.8) is 0 Å². The number of benzene rings is 2. The Morgan fingerprint density at radius 2 is 1.82 bits per heavy atom. The number of aliphatic carboxylic acids is 1. The molecular formula is C24H22BrF2N3O4. The quantitative estimate of drug-likeness (QED) is 0.337. The monoisotopic (exact) mass is 533 g/mol. The van der Waals surface area contributed by atoms with Gasteiger partial charge in [-0.05, 0) is 57.9 Å². The molecule has 0 saturated carbocycles. The molecule has 0 unspecified atom stereocenters. The SMILES string of the molecule is CNc1cccc(CCOc2ccc(C[C@H](NC(=O)c3cc(F)c(F)cc3Br)C(=O)O)cc2)n1. The molecule has 0 saturated heterocycles. The number of pyridine rings is 1. The number of carbonyl (C=O) groups is 2. The zero-order valence-electron chi connectivity index (χ0n) is 18.1. The lowest BCUT2D eigenvalue weighted by molar-refractivity contribution is -0.139. The third-order valence-electron chi connectivity index (χ3n) is 4.91. The van der Waals surface area contributed by atoms with Gasteiger partial charge in [0, 0.05) is 30.1 Å². The molecule has 3 aromatic rings. The van der Waals surface area contributed by atoms with Crippen LogP contribution in [0.5, 0.6) is 5.75 Å². The van der Waals surface area contributed by atoms with Gasteiger partial charge in [-0.25, -0.2) is 18.6 Å². The summed E-state index contributed by atoms with van der Waals surface area (Å²) in [6, 6.07) is 12.8. The van der Waals surface area contributed by atoms with Gasteiger partial charge in [-0.1, -0.05) is 18.2 Å². The maximum absolute atomic E-state index is 13.5. The fraction of sp³-hybridized carbons (Fsp3) is 0.208. The predicted octanol–water partition coefficient (Wildman–Crippen LogP) is 4.21. The molecule has 1 atom stereocenters. The highest BCUT2D eigenvalue weighted by atomic mass is 79.9. The van der Waals surface area contributed by atoms with Gasteiger partial charge in [0.15, 0.2) is 11.6 Å². The molecule has 3 N–H and O–H groups in total. The van der Waals surface area contributed by atoms with E-state index in [4.69, 9.17) is 4.74 Å². The lowest BCUT2D eigenvalue weighted by atomic mass is 10.1. The lowest BCUT2D eigenvalue weighted by Gasteiger charge is -2.16. The summed E-state index contributed by atoms with van der Waals surface area (Å²) in [4.78, 5) is 28.5. The van der Waals surface area contributed by atoms with E-state index in [2.05, 4.69) is 31.5 Å². The number of hydrogen-bond donors (Lipinski definition) is 3. The molecule has 0 spiro atoms. The molecule has 0 aliphatic heterocycles. The third kappa shape index (κ3) is 6.74. The number of nitrogens with zero attached hydrogens (tertiary/aromatic N) is 1. The molecule has 178 valence electrons. The van der Waals surface area contributed by atoms with Crippen LogP contribution in [0.4, 0.5) is 14.6 Å². The largest absolute Gasteiger partial charge is 0.493 e. The fourth-order valence-electron chi connectivity index (χ4n) is 3.12. The number of nitrogens with one attached hydrogen (secondary N) is 2. The van der Waals surface area contributed by atoms with Crippen molar-refractivity contribution in [2.45, 2.75) is 18.9 Å². The molecule has 1 aromatic heterocycles. The van der Waals surface area contributed by atoms with E-state index < -0.39 is 29.6 Å². The Morgan fingerprint density at radius 3 is 2.50 bits per heavy atom. The van der Waals surface area contributed by atoms with Gasteiger partial charge >= 0.3 is 5.97 Å². The van der Waals surface area contributed by atoms with Gasteiger partial charge in [0.05, 0.1) is 12.2 Å². The number of carboxylic acid groups (broad SMARTS) is 1. The molecular weight excluding hydrogens is 512 g/mol. The van der Waals surface area contributed by atoms with Crippen molar-refractivity contribution < 1.29 is 28.2 Å². The Bertz CT molecular complexity index is 1180. The molecule has 0 fully saturated rings. The minimum absolute atomic E-state index is 0.0105. The van der Waals surface area contributed by atoms with Gasteiger partial charge < -0.3 is 20.5 Å². The molecule has 0 aliphatic rings. The molecule has 1 heterocycles. The maximum atomic E-state index is 13.5. The fourth-order valence-corrected chi connectivity index (χ4v) is 3.62. The highest BCUT2D eigenvalue weighted by molar-refractivity contribution is 9.10. The zero-order valence-corrected chi connectivity index (χ0v) is 19.7. The Balaban J connectivity index is 1.58. The molecule has 0 aliphatic carbocycles. The molecule has 1 amide bonds. The van der Waals surface area contributed by atoms with Gasteiger partial charge in [0.2, 0.25) is 0 Å². The third-order valence-corrected chi connectivity index (χ3v) is 5.57. The Morgan fingerprint density at radius 1 is 1.12 bits per heavy atom. The van der Waals surface area contributed by atoms with Gasteiger partial charge in [-0.2, -0.15) is 0 Å². The van der Waals surface area contributed by atoms with Crippen LogP contribution < -0.4 is 15.4 Å². The average molecular weight is 534 g/mol. The zero-order chi connectivity index (χ0) is 24.7. The first-order chi connectivity index (χ1) is 16.3. The Hall–Kier alpha value is -3.53. The van der Waals surface area contributed by atoms with E-state index >= 15 is 0 Å². The first kappa shape index (κ1) is 25.1. The van der Waals surface area contributed by atoms with Crippen molar-refractivity contribution >= 4 is 33.6 Å². The average Bonchev–Trinajstić information content (AvgIpc) is 2.82. The van der Waals surface area contributed by atoms with Gasteiger partial charge in [-0.3, -0.25) is 4.79 Å². The maximum Gasteiger partial charge on any atom is 0.326 e. The summed E-state index contributed by atoms with van der Waals surface area (Å²) in [6.07, 6.45) is 0.604. The van der Waals surface area contributed by atoms with Crippen LogP contribution in [0, 0.1) is 11.6 Å². The molecule has 3 rings (SSSR count). The number of carboxylic acids is 1. The smallest absolute Gasteiger partial charge is 0.326 e. The van der Waals surface area contributed by atoms with Crippen molar-refractivity contribution in [2.75, 3.05) is 19.0 Å². The van der Waals surface area contributed by atoms with Crippen LogP contribution in [0.3, 0.4) is 0 Å². The van der Waals surface area contributed by atoms with Crippen molar-refractivity contribution in [1.29, 1.82) is 0 Å². The Labute approximate surface area is 203 Å². The summed E-state index contributed by atoms with van der Waals surface area (Å²) in [6.45, 7) is 0.413. The number of rotatable bonds is 10. The van der Waals surface area contributed by atoms with E-state index in [0.29, 0.717) is 30.4 Å². The number of aromatic nitrogens is 1. The van der Waals surface area contributed by atoms with E-state index in [9.17, 15) is 23.5 Å². The van der Waals surface area contributed by atoms with Crippen molar-refractivity contribution in [3.05, 3.63) is 87.5 Å². The van der Waals surface area contributed by atoms with E-state index in [0.717, 1.165) is 17.6 Å². The number of amides is 1. The van der Waals surface area contributed by atoms with Gasteiger partial charge in [0.1, 0.15) is 17.6 Å². The van der Waals surface area contributed by atoms with Gasteiger partial charge in [0.25, 0.3) is 5.91 Å². The van der Waals surface area contributed by atoms with Crippen LogP contribution in [0.2, 0.25) is 0 Å². The minimum atomic E-state index is -1.27. The molecule has 10 heteroatoms. The van der Waals surface area contributed by atoms with Crippen LogP contribution in [0.25, 0.3) is 0 Å². The number of hydrogen-bond acceptors (Lipinski definition) is 5. The second-order valence-electron chi connectivity index (χ2n) is 7.32. The van der Waals surface area contributed by atoms with Gasteiger partial charge in [-0.15, -0.1) is 0 Å². The minimum Gasteiger partial charge on any atom is -0.493 e. The van der Waals surface area contributed by atoms with Crippen LogP contribution in [0.1, 0.15) is 21.6 Å². The molecule has 2 aromatic carbocycles. The normalized spacial score (nSPS) is 11.5. The van der Waals surface area contributed by atoms with E-state index in [-0.39, 0.29) is 16.5 Å². The van der Waals surface area contributed by atoms with Crippen LogP contribution in [-0.4, -0.2) is 41.7 Å². The summed E-state index contributed by atoms with van der Waals surface area (Å²) in [5.74, 6) is -3.05. The van der Waals surface area contributed by atoms with Crippen LogP contribution in [-0.2, 0) is 17.6 Å². The summed E-state index contributed by atoms with van der Waals surface area (Å²) < 4.78 is 32.5. The second kappa shape index (κ2) is 11.6. The highest BCUT2D eigenvalue weighted by Gasteiger charge is 2.23. The number of anilines is 1. The number of ether oxygens (including phenoxy) is 1. The van der Waals surface area contributed by atoms with E-state index in [1.807, 2.05) is 18.2 Å². The topological polar surface area (TPSA) is 101 Å².